The quantitative estimate of drug-likeness (QED) is 0.792. The fourth-order valence-electron chi connectivity index (χ4n) is 3.31. The van der Waals surface area contributed by atoms with Crippen molar-refractivity contribution < 1.29 is 9.90 Å². The molecule has 1 aliphatic carbocycles. The lowest BCUT2D eigenvalue weighted by Gasteiger charge is -2.39. The van der Waals surface area contributed by atoms with E-state index in [0.717, 1.165) is 32.2 Å². The number of hydrogen-bond donors (Lipinski definition) is 1. The second kappa shape index (κ2) is 6.55. The van der Waals surface area contributed by atoms with Gasteiger partial charge in [-0.3, -0.25) is 4.79 Å². The lowest BCUT2D eigenvalue weighted by molar-refractivity contribution is -0.153. The van der Waals surface area contributed by atoms with Crippen molar-refractivity contribution >= 4 is 5.97 Å². The number of carboxylic acids is 1. The maximum Gasteiger partial charge on any atom is 0.310 e. The Morgan fingerprint density at radius 1 is 1.56 bits per heavy atom. The van der Waals surface area contributed by atoms with Crippen molar-refractivity contribution in [2.24, 2.45) is 17.3 Å². The summed E-state index contributed by atoms with van der Waals surface area (Å²) in [6.45, 7) is 8.31. The molecule has 0 radical (unpaired) electrons. The van der Waals surface area contributed by atoms with Gasteiger partial charge in [0.15, 0.2) is 0 Å². The van der Waals surface area contributed by atoms with Crippen molar-refractivity contribution in [1.82, 2.24) is 4.90 Å². The Hall–Kier alpha value is -0.570. The van der Waals surface area contributed by atoms with E-state index >= 15 is 0 Å². The first-order valence-corrected chi connectivity index (χ1v) is 7.31. The van der Waals surface area contributed by atoms with Crippen LogP contribution in [-0.4, -0.2) is 36.1 Å². The zero-order chi connectivity index (χ0) is 13.8. The summed E-state index contributed by atoms with van der Waals surface area (Å²) in [4.78, 5) is 13.9. The highest BCUT2D eigenvalue weighted by Gasteiger charge is 2.42. The SMILES string of the molecule is CCC(C)CN(C)CC1(C(=O)O)CCCC(C)C1. The van der Waals surface area contributed by atoms with Gasteiger partial charge in [-0.05, 0) is 31.7 Å². The molecule has 3 heteroatoms. The van der Waals surface area contributed by atoms with Crippen LogP contribution in [0.2, 0.25) is 0 Å². The van der Waals surface area contributed by atoms with Gasteiger partial charge in [-0.2, -0.15) is 0 Å². The van der Waals surface area contributed by atoms with Crippen LogP contribution in [0.1, 0.15) is 52.9 Å². The molecule has 0 bridgehead atoms. The van der Waals surface area contributed by atoms with E-state index in [1.54, 1.807) is 0 Å². The van der Waals surface area contributed by atoms with Crippen molar-refractivity contribution in [3.8, 4) is 0 Å². The summed E-state index contributed by atoms with van der Waals surface area (Å²) in [5.41, 5.74) is -0.500. The van der Waals surface area contributed by atoms with Crippen LogP contribution in [0.25, 0.3) is 0 Å². The molecule has 0 heterocycles. The molecule has 0 aromatic carbocycles. The predicted molar refractivity (Wildman–Crippen MR) is 74.7 cm³/mol. The number of carboxylic acid groups (broad SMARTS) is 1. The zero-order valence-electron chi connectivity index (χ0n) is 12.4. The fourth-order valence-corrected chi connectivity index (χ4v) is 3.31. The maximum atomic E-state index is 11.7. The molecule has 0 aromatic heterocycles. The van der Waals surface area contributed by atoms with E-state index in [0.29, 0.717) is 18.4 Å². The van der Waals surface area contributed by atoms with Crippen molar-refractivity contribution in [3.63, 3.8) is 0 Å². The van der Waals surface area contributed by atoms with Crippen LogP contribution in [0.3, 0.4) is 0 Å². The number of rotatable bonds is 6. The first-order chi connectivity index (χ1) is 8.39. The van der Waals surface area contributed by atoms with Crippen molar-refractivity contribution in [3.05, 3.63) is 0 Å². The van der Waals surface area contributed by atoms with E-state index in [9.17, 15) is 9.90 Å². The number of aliphatic carboxylic acids is 1. The van der Waals surface area contributed by atoms with Crippen LogP contribution in [-0.2, 0) is 4.79 Å². The maximum absolute atomic E-state index is 11.7. The summed E-state index contributed by atoms with van der Waals surface area (Å²) in [7, 11) is 2.07. The molecule has 0 saturated heterocycles. The number of nitrogens with zero attached hydrogens (tertiary/aromatic N) is 1. The molecule has 3 unspecified atom stereocenters. The lowest BCUT2D eigenvalue weighted by Crippen LogP contribution is -2.45. The van der Waals surface area contributed by atoms with Crippen molar-refractivity contribution in [1.29, 1.82) is 0 Å². The molecule has 1 N–H and O–H groups in total. The summed E-state index contributed by atoms with van der Waals surface area (Å²) in [6.07, 6.45) is 5.08. The van der Waals surface area contributed by atoms with Crippen LogP contribution in [0.5, 0.6) is 0 Å². The summed E-state index contributed by atoms with van der Waals surface area (Å²) in [5.74, 6) is 0.596. The van der Waals surface area contributed by atoms with Gasteiger partial charge >= 0.3 is 5.97 Å². The monoisotopic (exact) mass is 255 g/mol. The molecule has 0 aromatic rings. The molecule has 1 fully saturated rings. The van der Waals surface area contributed by atoms with E-state index in [4.69, 9.17) is 0 Å². The normalized spacial score (nSPS) is 30.4. The molecular weight excluding hydrogens is 226 g/mol. The van der Waals surface area contributed by atoms with Crippen LogP contribution >= 0.6 is 0 Å². The van der Waals surface area contributed by atoms with Gasteiger partial charge < -0.3 is 10.0 Å². The van der Waals surface area contributed by atoms with Gasteiger partial charge in [0.25, 0.3) is 0 Å². The molecule has 106 valence electrons. The highest BCUT2D eigenvalue weighted by molar-refractivity contribution is 5.75. The highest BCUT2D eigenvalue weighted by Crippen LogP contribution is 2.40. The average Bonchev–Trinajstić information content (AvgIpc) is 2.28. The van der Waals surface area contributed by atoms with Crippen LogP contribution in [0.15, 0.2) is 0 Å². The molecule has 18 heavy (non-hydrogen) atoms. The summed E-state index contributed by atoms with van der Waals surface area (Å²) in [5, 5.41) is 9.62. The van der Waals surface area contributed by atoms with E-state index in [1.165, 1.54) is 6.42 Å². The molecule has 1 aliphatic rings. The third-order valence-electron chi connectivity index (χ3n) is 4.44. The Kier molecular flexibility index (Phi) is 5.64. The molecule has 3 nitrogen and oxygen atoms in total. The standard InChI is InChI=1S/C15H29NO2/c1-5-12(2)10-16(4)11-15(14(17)18)8-6-7-13(3)9-15/h12-13H,5-11H2,1-4H3,(H,17,18). The van der Waals surface area contributed by atoms with Gasteiger partial charge in [0.1, 0.15) is 0 Å². The zero-order valence-corrected chi connectivity index (χ0v) is 12.4. The van der Waals surface area contributed by atoms with E-state index in [1.807, 2.05) is 0 Å². The van der Waals surface area contributed by atoms with E-state index in [-0.39, 0.29) is 0 Å². The average molecular weight is 255 g/mol. The molecule has 1 saturated carbocycles. The summed E-state index contributed by atoms with van der Waals surface area (Å²) >= 11 is 0. The van der Waals surface area contributed by atoms with Crippen LogP contribution < -0.4 is 0 Å². The van der Waals surface area contributed by atoms with Gasteiger partial charge in [0.05, 0.1) is 5.41 Å². The van der Waals surface area contributed by atoms with Crippen LogP contribution in [0, 0.1) is 17.3 Å². The first kappa shape index (κ1) is 15.5. The largest absolute Gasteiger partial charge is 0.481 e. The Morgan fingerprint density at radius 2 is 2.22 bits per heavy atom. The minimum Gasteiger partial charge on any atom is -0.481 e. The third kappa shape index (κ3) is 3.98. The molecule has 0 spiro atoms. The minimum absolute atomic E-state index is 0.500. The minimum atomic E-state index is -0.593. The fraction of sp³-hybridized carbons (Fsp3) is 0.933. The number of carbonyl (C=O) groups is 1. The smallest absolute Gasteiger partial charge is 0.310 e. The molecule has 0 amide bonds. The predicted octanol–water partition coefficient (Wildman–Crippen LogP) is 3.25. The number of hydrogen-bond acceptors (Lipinski definition) is 2. The van der Waals surface area contributed by atoms with Crippen molar-refractivity contribution in [2.75, 3.05) is 20.1 Å². The first-order valence-electron chi connectivity index (χ1n) is 7.31. The topological polar surface area (TPSA) is 40.5 Å². The second-order valence-corrected chi connectivity index (χ2v) is 6.50. The second-order valence-electron chi connectivity index (χ2n) is 6.50. The van der Waals surface area contributed by atoms with Gasteiger partial charge in [-0.25, -0.2) is 0 Å². The van der Waals surface area contributed by atoms with Crippen molar-refractivity contribution in [2.45, 2.75) is 52.9 Å². The van der Waals surface area contributed by atoms with Gasteiger partial charge in [-0.1, -0.05) is 40.0 Å². The Labute approximate surface area is 112 Å². The summed E-state index contributed by atoms with van der Waals surface area (Å²) in [6, 6.07) is 0. The Balaban J connectivity index is 2.65. The highest BCUT2D eigenvalue weighted by atomic mass is 16.4. The molecular formula is C15H29NO2. The van der Waals surface area contributed by atoms with E-state index in [2.05, 4.69) is 32.7 Å². The molecule has 3 atom stereocenters. The summed E-state index contributed by atoms with van der Waals surface area (Å²) < 4.78 is 0. The third-order valence-corrected chi connectivity index (χ3v) is 4.44. The lowest BCUT2D eigenvalue weighted by atomic mass is 9.69. The Morgan fingerprint density at radius 3 is 2.72 bits per heavy atom. The van der Waals surface area contributed by atoms with E-state index < -0.39 is 11.4 Å². The van der Waals surface area contributed by atoms with Gasteiger partial charge in [0.2, 0.25) is 0 Å². The van der Waals surface area contributed by atoms with Gasteiger partial charge in [-0.15, -0.1) is 0 Å². The molecule has 0 aliphatic heterocycles. The molecule has 1 rings (SSSR count). The van der Waals surface area contributed by atoms with Crippen LogP contribution in [0.4, 0.5) is 0 Å². The van der Waals surface area contributed by atoms with Gasteiger partial charge in [0, 0.05) is 13.1 Å². The Bertz CT molecular complexity index is 280.